The smallest absolute Gasteiger partial charge is 0.366 e. The lowest BCUT2D eigenvalue weighted by Gasteiger charge is -2.07. The summed E-state index contributed by atoms with van der Waals surface area (Å²) in [6.45, 7) is 0. The van der Waals surface area contributed by atoms with Gasteiger partial charge in [-0.15, -0.1) is 11.3 Å². The molecule has 3 rings (SSSR count). The van der Waals surface area contributed by atoms with Crippen molar-refractivity contribution in [1.82, 2.24) is 0 Å². The molecule has 0 fully saturated rings. The molecule has 3 aromatic rings. The zero-order valence-electron chi connectivity index (χ0n) is 14.6. The average Bonchev–Trinajstić information content (AvgIpc) is 3.11. The highest BCUT2D eigenvalue weighted by Gasteiger charge is 2.30. The second kappa shape index (κ2) is 7.88. The van der Waals surface area contributed by atoms with E-state index in [4.69, 9.17) is 5.73 Å². The van der Waals surface area contributed by atoms with Crippen LogP contribution in [0.5, 0.6) is 0 Å². The molecule has 0 spiro atoms. The van der Waals surface area contributed by atoms with Crippen LogP contribution in [0.1, 0.15) is 26.3 Å². The first-order chi connectivity index (χ1) is 13.7. The number of hydrogen-bond acceptors (Lipinski definition) is 4. The van der Waals surface area contributed by atoms with Crippen LogP contribution in [0, 0.1) is 0 Å². The van der Waals surface area contributed by atoms with E-state index < -0.39 is 29.3 Å². The average molecular weight is 418 g/mol. The molecule has 0 aliphatic rings. The molecule has 0 aliphatic heterocycles. The molecular weight excluding hydrogens is 405 g/mol. The molecule has 2 aromatic carbocycles. The van der Waals surface area contributed by atoms with Crippen molar-refractivity contribution in [3.8, 4) is 10.4 Å². The summed E-state index contributed by atoms with van der Waals surface area (Å²) >= 11 is 1.05. The van der Waals surface area contributed by atoms with Crippen molar-refractivity contribution in [1.29, 1.82) is 0 Å². The van der Waals surface area contributed by atoms with E-state index in [1.807, 2.05) is 6.07 Å². The first-order valence-corrected chi connectivity index (χ1v) is 9.00. The van der Waals surface area contributed by atoms with Gasteiger partial charge in [-0.05, 0) is 23.8 Å². The zero-order valence-corrected chi connectivity index (χ0v) is 15.4. The molecule has 148 valence electrons. The maximum absolute atomic E-state index is 12.6. The highest BCUT2D eigenvalue weighted by Crippen LogP contribution is 2.35. The third-order valence-electron chi connectivity index (χ3n) is 3.96. The van der Waals surface area contributed by atoms with E-state index in [9.17, 15) is 27.6 Å². The number of amides is 2. The van der Waals surface area contributed by atoms with Crippen molar-refractivity contribution >= 4 is 33.9 Å². The zero-order chi connectivity index (χ0) is 21.2. The fraction of sp³-hybridized carbons (Fsp3) is 0.0500. The molecule has 0 unspecified atom stereocenters. The van der Waals surface area contributed by atoms with Crippen LogP contribution in [0.15, 0.2) is 60.7 Å². The highest BCUT2D eigenvalue weighted by molar-refractivity contribution is 7.20. The summed E-state index contributed by atoms with van der Waals surface area (Å²) in [5, 5.41) is 2.42. The van der Waals surface area contributed by atoms with Gasteiger partial charge in [-0.3, -0.25) is 14.4 Å². The van der Waals surface area contributed by atoms with E-state index in [1.54, 1.807) is 24.3 Å². The SMILES string of the molecule is NC(=O)c1cc(-c2ccccc2)sc1NC(=O)C(=O)c1ccc(C(F)(F)F)cc1. The molecular formula is C20H13F3N2O3S. The van der Waals surface area contributed by atoms with Crippen molar-refractivity contribution in [3.05, 3.63) is 77.4 Å². The predicted molar refractivity (Wildman–Crippen MR) is 103 cm³/mol. The van der Waals surface area contributed by atoms with E-state index in [0.717, 1.165) is 29.0 Å². The fourth-order valence-electron chi connectivity index (χ4n) is 2.51. The normalized spacial score (nSPS) is 11.1. The summed E-state index contributed by atoms with van der Waals surface area (Å²) in [5.74, 6) is -2.92. The van der Waals surface area contributed by atoms with E-state index in [1.165, 1.54) is 6.07 Å². The number of alkyl halides is 3. The summed E-state index contributed by atoms with van der Waals surface area (Å²) in [6, 6.07) is 13.8. The van der Waals surface area contributed by atoms with E-state index in [0.29, 0.717) is 17.0 Å². The molecule has 0 saturated heterocycles. The van der Waals surface area contributed by atoms with Gasteiger partial charge in [0, 0.05) is 10.4 Å². The Morgan fingerprint density at radius 1 is 0.931 bits per heavy atom. The number of nitrogens with two attached hydrogens (primary N) is 1. The second-order valence-corrected chi connectivity index (χ2v) is 6.99. The maximum Gasteiger partial charge on any atom is 0.416 e. The molecule has 0 aliphatic carbocycles. The third-order valence-corrected chi connectivity index (χ3v) is 5.06. The standard InChI is InChI=1S/C20H13F3N2O3S/c21-20(22,23)13-8-6-12(7-9-13)16(26)18(28)25-19-14(17(24)27)10-15(29-19)11-4-2-1-3-5-11/h1-10H,(H2,24,27)(H,25,28). The molecule has 1 heterocycles. The number of benzene rings is 2. The fourth-order valence-corrected chi connectivity index (χ4v) is 3.58. The Kier molecular flexibility index (Phi) is 5.51. The minimum Gasteiger partial charge on any atom is -0.366 e. The summed E-state index contributed by atoms with van der Waals surface area (Å²) in [7, 11) is 0. The second-order valence-electron chi connectivity index (χ2n) is 5.94. The van der Waals surface area contributed by atoms with E-state index in [2.05, 4.69) is 5.32 Å². The summed E-state index contributed by atoms with van der Waals surface area (Å²) in [4.78, 5) is 36.9. The topological polar surface area (TPSA) is 89.3 Å². The van der Waals surface area contributed by atoms with Gasteiger partial charge in [0.2, 0.25) is 0 Å². The quantitative estimate of drug-likeness (QED) is 0.477. The molecule has 9 heteroatoms. The number of halogens is 3. The number of ketones is 1. The Morgan fingerprint density at radius 3 is 2.10 bits per heavy atom. The molecule has 0 radical (unpaired) electrons. The Balaban J connectivity index is 1.83. The number of carbonyl (C=O) groups excluding carboxylic acids is 3. The number of Topliss-reactive ketones (excluding diaryl/α,β-unsaturated/α-hetero) is 1. The van der Waals surface area contributed by atoms with Crippen LogP contribution >= 0.6 is 11.3 Å². The van der Waals surface area contributed by atoms with Gasteiger partial charge in [0.1, 0.15) is 5.00 Å². The summed E-state index contributed by atoms with van der Waals surface area (Å²) < 4.78 is 37.9. The molecule has 3 N–H and O–H groups in total. The van der Waals surface area contributed by atoms with Crippen molar-refractivity contribution in [2.45, 2.75) is 6.18 Å². The summed E-state index contributed by atoms with van der Waals surface area (Å²) in [5.41, 5.74) is 5.02. The Hall–Kier alpha value is -3.46. The number of hydrogen-bond donors (Lipinski definition) is 2. The van der Waals surface area contributed by atoms with Gasteiger partial charge < -0.3 is 11.1 Å². The van der Waals surface area contributed by atoms with Gasteiger partial charge in [-0.2, -0.15) is 13.2 Å². The van der Waals surface area contributed by atoms with Crippen LogP contribution in [0.2, 0.25) is 0 Å². The molecule has 2 amide bonds. The van der Waals surface area contributed by atoms with E-state index in [-0.39, 0.29) is 16.1 Å². The van der Waals surface area contributed by atoms with Gasteiger partial charge >= 0.3 is 6.18 Å². The Morgan fingerprint density at radius 2 is 1.55 bits per heavy atom. The van der Waals surface area contributed by atoms with Crippen LogP contribution < -0.4 is 11.1 Å². The number of carbonyl (C=O) groups is 3. The van der Waals surface area contributed by atoms with Crippen molar-refractivity contribution in [2.75, 3.05) is 5.32 Å². The minimum absolute atomic E-state index is 0.0300. The molecule has 0 bridgehead atoms. The Bertz CT molecular complexity index is 1070. The van der Waals surface area contributed by atoms with Crippen LogP contribution in [0.25, 0.3) is 10.4 Å². The van der Waals surface area contributed by atoms with Crippen LogP contribution in [-0.4, -0.2) is 17.6 Å². The number of thiophene rings is 1. The van der Waals surface area contributed by atoms with Gasteiger partial charge in [0.15, 0.2) is 0 Å². The number of primary amides is 1. The van der Waals surface area contributed by atoms with Crippen LogP contribution in [0.4, 0.5) is 18.2 Å². The van der Waals surface area contributed by atoms with Gasteiger partial charge in [-0.25, -0.2) is 0 Å². The van der Waals surface area contributed by atoms with Crippen molar-refractivity contribution < 1.29 is 27.6 Å². The van der Waals surface area contributed by atoms with Gasteiger partial charge in [-0.1, -0.05) is 42.5 Å². The van der Waals surface area contributed by atoms with E-state index >= 15 is 0 Å². The maximum atomic E-state index is 12.6. The first-order valence-electron chi connectivity index (χ1n) is 8.19. The number of nitrogens with one attached hydrogen (secondary N) is 1. The molecule has 0 saturated carbocycles. The van der Waals surface area contributed by atoms with Gasteiger partial charge in [0.25, 0.3) is 17.6 Å². The largest absolute Gasteiger partial charge is 0.416 e. The lowest BCUT2D eigenvalue weighted by Crippen LogP contribution is -2.24. The lowest BCUT2D eigenvalue weighted by molar-refractivity contribution is -0.137. The first kappa shape index (κ1) is 20.3. The van der Waals surface area contributed by atoms with Gasteiger partial charge in [0.05, 0.1) is 11.1 Å². The highest BCUT2D eigenvalue weighted by atomic mass is 32.1. The van der Waals surface area contributed by atoms with Crippen molar-refractivity contribution in [2.24, 2.45) is 5.73 Å². The molecule has 1 aromatic heterocycles. The number of rotatable bonds is 5. The predicted octanol–water partition coefficient (Wildman–Crippen LogP) is 4.35. The van der Waals surface area contributed by atoms with Crippen LogP contribution in [-0.2, 0) is 11.0 Å². The molecule has 0 atom stereocenters. The van der Waals surface area contributed by atoms with Crippen LogP contribution in [0.3, 0.4) is 0 Å². The third kappa shape index (κ3) is 4.52. The summed E-state index contributed by atoms with van der Waals surface area (Å²) in [6.07, 6.45) is -4.55. The lowest BCUT2D eigenvalue weighted by atomic mass is 10.1. The minimum atomic E-state index is -4.55. The molecule has 5 nitrogen and oxygen atoms in total. The Labute approximate surface area is 167 Å². The monoisotopic (exact) mass is 418 g/mol. The number of anilines is 1. The molecule has 29 heavy (non-hydrogen) atoms. The van der Waals surface area contributed by atoms with Crippen molar-refractivity contribution in [3.63, 3.8) is 0 Å².